The number of aromatic nitrogens is 1. The van der Waals surface area contributed by atoms with E-state index in [0.29, 0.717) is 29.2 Å². The Morgan fingerprint density at radius 2 is 1.96 bits per heavy atom. The molecule has 2 aromatic rings. The van der Waals surface area contributed by atoms with Crippen LogP contribution in [-0.2, 0) is 9.53 Å². The van der Waals surface area contributed by atoms with Gasteiger partial charge in [0.25, 0.3) is 11.8 Å². The summed E-state index contributed by atoms with van der Waals surface area (Å²) >= 11 is 1.20. The van der Waals surface area contributed by atoms with Gasteiger partial charge in [0.05, 0.1) is 11.2 Å². The lowest BCUT2D eigenvalue weighted by molar-refractivity contribution is -0.119. The van der Waals surface area contributed by atoms with Crippen LogP contribution in [0, 0.1) is 6.92 Å². The summed E-state index contributed by atoms with van der Waals surface area (Å²) in [7, 11) is 0. The number of thiazole rings is 1. The van der Waals surface area contributed by atoms with Gasteiger partial charge in [-0.3, -0.25) is 9.59 Å². The van der Waals surface area contributed by atoms with Crippen molar-refractivity contribution >= 4 is 34.8 Å². The fourth-order valence-corrected chi connectivity index (χ4v) is 2.95. The molecule has 2 amide bonds. The molecule has 1 N–H and O–H groups in total. The van der Waals surface area contributed by atoms with E-state index < -0.39 is 18.5 Å². The van der Waals surface area contributed by atoms with Crippen LogP contribution in [-0.4, -0.2) is 47.4 Å². The third kappa shape index (κ3) is 5.13. The third-order valence-corrected chi connectivity index (χ3v) is 4.49. The van der Waals surface area contributed by atoms with Crippen molar-refractivity contribution < 1.29 is 19.1 Å². The van der Waals surface area contributed by atoms with E-state index in [1.165, 1.54) is 17.5 Å². The first-order valence-corrected chi connectivity index (χ1v) is 9.05. The Kier molecular flexibility index (Phi) is 6.85. The molecule has 0 aliphatic heterocycles. The molecule has 8 heteroatoms. The zero-order valence-electron chi connectivity index (χ0n) is 14.9. The highest BCUT2D eigenvalue weighted by Crippen LogP contribution is 2.14. The molecule has 1 heterocycles. The van der Waals surface area contributed by atoms with Crippen molar-refractivity contribution in [1.82, 2.24) is 9.88 Å². The fraction of sp³-hybridized carbons (Fsp3) is 0.333. The topological polar surface area (TPSA) is 88.6 Å². The van der Waals surface area contributed by atoms with E-state index in [1.807, 2.05) is 13.8 Å². The molecule has 0 bridgehead atoms. The fourth-order valence-electron chi connectivity index (χ4n) is 2.28. The monoisotopic (exact) mass is 375 g/mol. The number of nitrogens with zero attached hydrogens (tertiary/aromatic N) is 2. The molecule has 7 nitrogen and oxygen atoms in total. The second-order valence-electron chi connectivity index (χ2n) is 5.43. The summed E-state index contributed by atoms with van der Waals surface area (Å²) in [5.41, 5.74) is 0.960. The quantitative estimate of drug-likeness (QED) is 0.752. The van der Waals surface area contributed by atoms with E-state index >= 15 is 0 Å². The number of carbonyl (C=O) groups excluding carboxylic acids is 3. The normalized spacial score (nSPS) is 10.3. The van der Waals surface area contributed by atoms with Crippen LogP contribution in [0.3, 0.4) is 0 Å². The van der Waals surface area contributed by atoms with Crippen LogP contribution in [0.2, 0.25) is 0 Å². The number of benzene rings is 1. The van der Waals surface area contributed by atoms with Crippen LogP contribution in [0.1, 0.15) is 38.9 Å². The van der Waals surface area contributed by atoms with Crippen molar-refractivity contribution in [3.8, 4) is 0 Å². The first-order valence-electron chi connectivity index (χ1n) is 8.23. The van der Waals surface area contributed by atoms with E-state index in [-0.39, 0.29) is 5.91 Å². The highest BCUT2D eigenvalue weighted by Gasteiger charge is 2.15. The highest BCUT2D eigenvalue weighted by atomic mass is 32.1. The molecule has 0 atom stereocenters. The largest absolute Gasteiger partial charge is 0.451 e. The number of aryl methyl sites for hydroxylation is 1. The van der Waals surface area contributed by atoms with Crippen LogP contribution in [0.15, 0.2) is 30.5 Å². The zero-order valence-corrected chi connectivity index (χ0v) is 15.8. The Labute approximate surface area is 156 Å². The van der Waals surface area contributed by atoms with Gasteiger partial charge < -0.3 is 15.0 Å². The van der Waals surface area contributed by atoms with E-state index in [1.54, 1.807) is 36.1 Å². The summed E-state index contributed by atoms with van der Waals surface area (Å²) in [6.07, 6.45) is 1.42. The molecule has 0 unspecified atom stereocenters. The number of nitrogens with one attached hydrogen (secondary N) is 1. The first-order chi connectivity index (χ1) is 12.4. The van der Waals surface area contributed by atoms with Crippen molar-refractivity contribution in [2.24, 2.45) is 0 Å². The summed E-state index contributed by atoms with van der Waals surface area (Å²) in [5, 5.41) is 3.37. The lowest BCUT2D eigenvalue weighted by Gasteiger charge is -2.19. The zero-order chi connectivity index (χ0) is 19.1. The van der Waals surface area contributed by atoms with Gasteiger partial charge in [0.2, 0.25) is 0 Å². The molecule has 1 aromatic heterocycles. The lowest BCUT2D eigenvalue weighted by atomic mass is 10.1. The Hall–Kier alpha value is -2.74. The van der Waals surface area contributed by atoms with Crippen molar-refractivity contribution in [2.45, 2.75) is 20.8 Å². The lowest BCUT2D eigenvalue weighted by Crippen LogP contribution is -2.30. The number of carbonyl (C=O) groups is 3. The average molecular weight is 375 g/mol. The summed E-state index contributed by atoms with van der Waals surface area (Å²) in [6, 6.07) is 6.67. The number of rotatable bonds is 7. The predicted molar refractivity (Wildman–Crippen MR) is 99.5 cm³/mol. The van der Waals surface area contributed by atoms with Gasteiger partial charge in [-0.15, -0.1) is 11.3 Å². The summed E-state index contributed by atoms with van der Waals surface area (Å²) in [6.45, 7) is 6.40. The van der Waals surface area contributed by atoms with E-state index in [4.69, 9.17) is 4.74 Å². The van der Waals surface area contributed by atoms with Gasteiger partial charge in [-0.2, -0.15) is 0 Å². The second-order valence-corrected chi connectivity index (χ2v) is 6.66. The maximum absolute atomic E-state index is 12.4. The van der Waals surface area contributed by atoms with Gasteiger partial charge in [0.15, 0.2) is 6.61 Å². The Morgan fingerprint density at radius 1 is 1.23 bits per heavy atom. The van der Waals surface area contributed by atoms with Crippen LogP contribution in [0.25, 0.3) is 0 Å². The van der Waals surface area contributed by atoms with Gasteiger partial charge in [0.1, 0.15) is 4.88 Å². The van der Waals surface area contributed by atoms with Crippen LogP contribution in [0.4, 0.5) is 5.69 Å². The van der Waals surface area contributed by atoms with Gasteiger partial charge >= 0.3 is 5.97 Å². The average Bonchev–Trinajstić information content (AvgIpc) is 3.07. The SMILES string of the molecule is CCN(CC)C(=O)c1cccc(NC(=O)COC(=O)c2cnc(C)s2)c1. The molecule has 2 rings (SSSR count). The van der Waals surface area contributed by atoms with Crippen molar-refractivity contribution in [2.75, 3.05) is 25.0 Å². The number of hydrogen-bond donors (Lipinski definition) is 1. The molecule has 0 fully saturated rings. The number of amides is 2. The molecule has 0 aliphatic carbocycles. The van der Waals surface area contributed by atoms with Crippen molar-refractivity contribution in [3.63, 3.8) is 0 Å². The van der Waals surface area contributed by atoms with Crippen LogP contribution >= 0.6 is 11.3 Å². The summed E-state index contributed by atoms with van der Waals surface area (Å²) < 4.78 is 4.97. The number of ether oxygens (including phenoxy) is 1. The van der Waals surface area contributed by atoms with Gasteiger partial charge in [-0.1, -0.05) is 6.07 Å². The van der Waals surface area contributed by atoms with Crippen LogP contribution in [0.5, 0.6) is 0 Å². The maximum Gasteiger partial charge on any atom is 0.350 e. The van der Waals surface area contributed by atoms with Crippen LogP contribution < -0.4 is 5.32 Å². The first kappa shape index (κ1) is 19.6. The molecule has 138 valence electrons. The van der Waals surface area contributed by atoms with Gasteiger partial charge in [-0.25, -0.2) is 9.78 Å². The molecular weight excluding hydrogens is 354 g/mol. The highest BCUT2D eigenvalue weighted by molar-refractivity contribution is 7.13. The smallest absolute Gasteiger partial charge is 0.350 e. The maximum atomic E-state index is 12.4. The van der Waals surface area contributed by atoms with Gasteiger partial charge in [0, 0.05) is 24.3 Å². The summed E-state index contributed by atoms with van der Waals surface area (Å²) in [5.74, 6) is -1.17. The molecule has 0 saturated heterocycles. The standard InChI is InChI=1S/C18H21N3O4S/c1-4-21(5-2)17(23)13-7-6-8-14(9-13)20-16(22)11-25-18(24)15-10-19-12(3)26-15/h6-10H,4-5,11H2,1-3H3,(H,20,22). The minimum atomic E-state index is -0.587. The minimum absolute atomic E-state index is 0.0990. The second kappa shape index (κ2) is 9.10. The van der Waals surface area contributed by atoms with Crippen molar-refractivity contribution in [3.05, 3.63) is 45.9 Å². The predicted octanol–water partition coefficient (Wildman–Crippen LogP) is 2.73. The minimum Gasteiger partial charge on any atom is -0.451 e. The summed E-state index contributed by atoms with van der Waals surface area (Å²) in [4.78, 5) is 42.2. The number of anilines is 1. The Morgan fingerprint density at radius 3 is 2.58 bits per heavy atom. The Bertz CT molecular complexity index is 799. The number of esters is 1. The third-order valence-electron chi connectivity index (χ3n) is 3.60. The molecule has 26 heavy (non-hydrogen) atoms. The van der Waals surface area contributed by atoms with Gasteiger partial charge in [-0.05, 0) is 39.0 Å². The number of hydrogen-bond acceptors (Lipinski definition) is 6. The van der Waals surface area contributed by atoms with E-state index in [2.05, 4.69) is 10.3 Å². The molecular formula is C18H21N3O4S. The van der Waals surface area contributed by atoms with Crippen molar-refractivity contribution in [1.29, 1.82) is 0 Å². The molecule has 0 radical (unpaired) electrons. The molecule has 0 aliphatic rings. The molecule has 0 spiro atoms. The molecule has 0 saturated carbocycles. The Balaban J connectivity index is 1.93. The van der Waals surface area contributed by atoms with E-state index in [9.17, 15) is 14.4 Å². The van der Waals surface area contributed by atoms with E-state index in [0.717, 1.165) is 5.01 Å². The molecule has 1 aromatic carbocycles.